The topological polar surface area (TPSA) is 47.6 Å². The number of benzene rings is 1. The van der Waals surface area contributed by atoms with E-state index in [0.717, 1.165) is 11.1 Å². The van der Waals surface area contributed by atoms with Gasteiger partial charge in [-0.3, -0.25) is 4.79 Å². The number of alkyl halides is 3. The largest absolute Gasteiger partial charge is 0.483 e. The van der Waals surface area contributed by atoms with E-state index in [1.807, 2.05) is 32.0 Å². The van der Waals surface area contributed by atoms with E-state index in [-0.39, 0.29) is 19.8 Å². The minimum Gasteiger partial charge on any atom is -0.483 e. The van der Waals surface area contributed by atoms with Gasteiger partial charge in [-0.15, -0.1) is 0 Å². The Morgan fingerprint density at radius 1 is 1.29 bits per heavy atom. The molecule has 1 amide bonds. The Balaban J connectivity index is 2.21. The lowest BCUT2D eigenvalue weighted by atomic mass is 10.1. The molecule has 0 saturated carbocycles. The van der Waals surface area contributed by atoms with Crippen molar-refractivity contribution in [2.45, 2.75) is 20.0 Å². The monoisotopic (exact) mass is 305 g/mol. The normalized spacial score (nSPS) is 11.3. The number of ether oxygens (including phenoxy) is 2. The highest BCUT2D eigenvalue weighted by Gasteiger charge is 2.27. The van der Waals surface area contributed by atoms with E-state index in [9.17, 15) is 18.0 Å². The first-order valence-corrected chi connectivity index (χ1v) is 6.39. The Morgan fingerprint density at radius 3 is 2.67 bits per heavy atom. The predicted molar refractivity (Wildman–Crippen MR) is 71.3 cm³/mol. The van der Waals surface area contributed by atoms with E-state index >= 15 is 0 Å². The van der Waals surface area contributed by atoms with Gasteiger partial charge in [-0.25, -0.2) is 0 Å². The fraction of sp³-hybridized carbons (Fsp3) is 0.500. The first-order chi connectivity index (χ1) is 9.78. The fourth-order valence-electron chi connectivity index (χ4n) is 1.51. The van der Waals surface area contributed by atoms with Crippen LogP contribution < -0.4 is 10.1 Å². The zero-order valence-corrected chi connectivity index (χ0v) is 11.9. The Labute approximate surface area is 121 Å². The number of aryl methyl sites for hydroxylation is 2. The average Bonchev–Trinajstić information content (AvgIpc) is 2.38. The number of halogens is 3. The smallest absolute Gasteiger partial charge is 0.411 e. The fourth-order valence-corrected chi connectivity index (χ4v) is 1.51. The predicted octanol–water partition coefficient (Wildman–Crippen LogP) is 2.38. The Morgan fingerprint density at radius 2 is 2.00 bits per heavy atom. The highest BCUT2D eigenvalue weighted by Crippen LogP contribution is 2.18. The molecule has 0 unspecified atom stereocenters. The summed E-state index contributed by atoms with van der Waals surface area (Å²) in [5.74, 6) is 0.199. The zero-order chi connectivity index (χ0) is 15.9. The van der Waals surface area contributed by atoms with Crippen molar-refractivity contribution in [1.82, 2.24) is 5.32 Å². The van der Waals surface area contributed by atoms with Crippen molar-refractivity contribution in [1.29, 1.82) is 0 Å². The van der Waals surface area contributed by atoms with Gasteiger partial charge in [0.15, 0.2) is 6.61 Å². The summed E-state index contributed by atoms with van der Waals surface area (Å²) >= 11 is 0. The lowest BCUT2D eigenvalue weighted by molar-refractivity contribution is -0.173. The Bertz CT molecular complexity index is 475. The lowest BCUT2D eigenvalue weighted by Gasteiger charge is -2.11. The summed E-state index contributed by atoms with van der Waals surface area (Å²) in [4.78, 5) is 11.5. The molecule has 0 atom stereocenters. The minimum atomic E-state index is -4.35. The van der Waals surface area contributed by atoms with E-state index < -0.39 is 18.7 Å². The third kappa shape index (κ3) is 7.55. The number of nitrogens with one attached hydrogen (secondary N) is 1. The van der Waals surface area contributed by atoms with Crippen LogP contribution in [0.3, 0.4) is 0 Å². The van der Waals surface area contributed by atoms with Crippen LogP contribution >= 0.6 is 0 Å². The molecular weight excluding hydrogens is 287 g/mol. The molecule has 0 aliphatic carbocycles. The number of amides is 1. The summed E-state index contributed by atoms with van der Waals surface area (Å²) in [5, 5.41) is 2.42. The van der Waals surface area contributed by atoms with E-state index in [1.54, 1.807) is 0 Å². The molecular formula is C14H18F3NO3. The van der Waals surface area contributed by atoms with Crippen molar-refractivity contribution in [3.63, 3.8) is 0 Å². The van der Waals surface area contributed by atoms with Crippen molar-refractivity contribution < 1.29 is 27.4 Å². The molecule has 7 heteroatoms. The molecule has 0 fully saturated rings. The van der Waals surface area contributed by atoms with Crippen molar-refractivity contribution in [2.75, 3.05) is 26.4 Å². The third-order valence-corrected chi connectivity index (χ3v) is 2.54. The number of rotatable bonds is 7. The molecule has 1 aromatic rings. The van der Waals surface area contributed by atoms with Crippen LogP contribution in [0.5, 0.6) is 5.75 Å². The van der Waals surface area contributed by atoms with Gasteiger partial charge in [0, 0.05) is 6.54 Å². The Hall–Kier alpha value is -1.76. The van der Waals surface area contributed by atoms with E-state index in [0.29, 0.717) is 5.75 Å². The average molecular weight is 305 g/mol. The minimum absolute atomic E-state index is 0.00503. The van der Waals surface area contributed by atoms with Crippen LogP contribution in [-0.2, 0) is 9.53 Å². The van der Waals surface area contributed by atoms with Crippen LogP contribution in [0.4, 0.5) is 13.2 Å². The molecule has 21 heavy (non-hydrogen) atoms. The molecule has 0 aromatic heterocycles. The van der Waals surface area contributed by atoms with Gasteiger partial charge >= 0.3 is 6.18 Å². The molecule has 0 radical (unpaired) electrons. The molecule has 118 valence electrons. The maximum Gasteiger partial charge on any atom is 0.411 e. The van der Waals surface area contributed by atoms with E-state index in [1.165, 1.54) is 0 Å². The molecule has 0 saturated heterocycles. The number of hydrogen-bond acceptors (Lipinski definition) is 3. The second-order valence-corrected chi connectivity index (χ2v) is 4.58. The van der Waals surface area contributed by atoms with Crippen molar-refractivity contribution in [3.05, 3.63) is 29.3 Å². The molecule has 0 aliphatic heterocycles. The molecule has 0 heterocycles. The summed E-state index contributed by atoms with van der Waals surface area (Å²) in [5.41, 5.74) is 1.92. The van der Waals surface area contributed by atoms with Gasteiger partial charge in [-0.1, -0.05) is 12.1 Å². The van der Waals surface area contributed by atoms with Crippen LogP contribution in [-0.4, -0.2) is 38.4 Å². The van der Waals surface area contributed by atoms with Crippen molar-refractivity contribution in [3.8, 4) is 5.75 Å². The van der Waals surface area contributed by atoms with Crippen molar-refractivity contribution in [2.24, 2.45) is 0 Å². The third-order valence-electron chi connectivity index (χ3n) is 2.54. The van der Waals surface area contributed by atoms with E-state index in [4.69, 9.17) is 4.74 Å². The molecule has 0 bridgehead atoms. The van der Waals surface area contributed by atoms with Gasteiger partial charge in [0.25, 0.3) is 5.91 Å². The highest BCUT2D eigenvalue weighted by molar-refractivity contribution is 5.77. The summed E-state index contributed by atoms with van der Waals surface area (Å²) in [6, 6.07) is 5.63. The first-order valence-electron chi connectivity index (χ1n) is 6.39. The second-order valence-electron chi connectivity index (χ2n) is 4.58. The van der Waals surface area contributed by atoms with Gasteiger partial charge in [0.2, 0.25) is 0 Å². The lowest BCUT2D eigenvalue weighted by Crippen LogP contribution is -2.32. The summed E-state index contributed by atoms with van der Waals surface area (Å²) in [6.45, 7) is 2.06. The van der Waals surface area contributed by atoms with Gasteiger partial charge < -0.3 is 14.8 Å². The Kier molecular flexibility index (Phi) is 6.48. The molecule has 1 N–H and O–H groups in total. The van der Waals surface area contributed by atoms with Crippen molar-refractivity contribution >= 4 is 5.91 Å². The maximum absolute atomic E-state index is 11.8. The van der Waals surface area contributed by atoms with Gasteiger partial charge in [0.05, 0.1) is 6.61 Å². The standard InChI is InChI=1S/C14H18F3NO3/c1-10-3-4-11(2)12(7-10)21-8-13(19)18-5-6-20-9-14(15,16)17/h3-4,7H,5-6,8-9H2,1-2H3,(H,18,19). The van der Waals surface area contributed by atoms with Crippen LogP contribution in [0, 0.1) is 13.8 Å². The molecule has 0 spiro atoms. The first kappa shape index (κ1) is 17.3. The molecule has 1 aromatic carbocycles. The van der Waals surface area contributed by atoms with E-state index in [2.05, 4.69) is 10.1 Å². The van der Waals surface area contributed by atoms with Gasteiger partial charge in [0.1, 0.15) is 12.4 Å². The van der Waals surface area contributed by atoms with Crippen LogP contribution in [0.15, 0.2) is 18.2 Å². The zero-order valence-electron chi connectivity index (χ0n) is 11.9. The summed E-state index contributed by atoms with van der Waals surface area (Å²) < 4.78 is 45.1. The van der Waals surface area contributed by atoms with Crippen LogP contribution in [0.1, 0.15) is 11.1 Å². The summed E-state index contributed by atoms with van der Waals surface area (Å²) in [6.07, 6.45) is -4.35. The van der Waals surface area contributed by atoms with Gasteiger partial charge in [-0.2, -0.15) is 13.2 Å². The maximum atomic E-state index is 11.8. The SMILES string of the molecule is Cc1ccc(C)c(OCC(=O)NCCOCC(F)(F)F)c1. The number of carbonyl (C=O) groups is 1. The van der Waals surface area contributed by atoms with Crippen LogP contribution in [0.25, 0.3) is 0 Å². The molecule has 0 aliphatic rings. The van der Waals surface area contributed by atoms with Crippen LogP contribution in [0.2, 0.25) is 0 Å². The molecule has 1 rings (SSSR count). The van der Waals surface area contributed by atoms with Gasteiger partial charge in [-0.05, 0) is 31.0 Å². The molecule has 4 nitrogen and oxygen atoms in total. The quantitative estimate of drug-likeness (QED) is 0.787. The highest BCUT2D eigenvalue weighted by atomic mass is 19.4. The second kappa shape index (κ2) is 7.87. The number of carbonyl (C=O) groups excluding carboxylic acids is 1. The number of hydrogen-bond donors (Lipinski definition) is 1. The summed E-state index contributed by atoms with van der Waals surface area (Å²) in [7, 11) is 0.